The Morgan fingerprint density at radius 1 is 1.45 bits per heavy atom. The number of thiazole rings is 1. The van der Waals surface area contributed by atoms with Gasteiger partial charge in [-0.15, -0.1) is 11.3 Å². The van der Waals surface area contributed by atoms with Gasteiger partial charge in [-0.1, -0.05) is 20.8 Å². The van der Waals surface area contributed by atoms with Crippen molar-refractivity contribution >= 4 is 11.3 Å². The van der Waals surface area contributed by atoms with Crippen LogP contribution in [0.1, 0.15) is 69.1 Å². The Morgan fingerprint density at radius 2 is 2.15 bits per heavy atom. The summed E-state index contributed by atoms with van der Waals surface area (Å²) in [6.45, 7) is 15.0. The molecule has 3 nitrogen and oxygen atoms in total. The highest BCUT2D eigenvalue weighted by molar-refractivity contribution is 7.12. The Labute approximate surface area is 127 Å². The van der Waals surface area contributed by atoms with Crippen LogP contribution in [0, 0.1) is 6.92 Å². The van der Waals surface area contributed by atoms with E-state index in [0.29, 0.717) is 6.04 Å². The number of hydrogen-bond acceptors (Lipinski definition) is 4. The molecule has 1 aliphatic rings. The zero-order valence-corrected chi connectivity index (χ0v) is 14.5. The summed E-state index contributed by atoms with van der Waals surface area (Å²) >= 11 is 1.84. The molecular weight excluding hydrogens is 268 g/mol. The lowest BCUT2D eigenvalue weighted by Crippen LogP contribution is -2.38. The average molecular weight is 296 g/mol. The minimum atomic E-state index is 0.0136. The molecule has 1 aromatic heterocycles. The number of nitrogens with one attached hydrogen (secondary N) is 1. The number of ether oxygens (including phenoxy) is 1. The molecular formula is C16H28N2OS. The molecule has 0 spiro atoms. The van der Waals surface area contributed by atoms with E-state index in [0.717, 1.165) is 25.3 Å². The van der Waals surface area contributed by atoms with Gasteiger partial charge in [0.2, 0.25) is 0 Å². The second-order valence-electron chi connectivity index (χ2n) is 7.22. The van der Waals surface area contributed by atoms with Crippen molar-refractivity contribution in [1.82, 2.24) is 10.3 Å². The van der Waals surface area contributed by atoms with Crippen LogP contribution in [0.5, 0.6) is 0 Å². The highest BCUT2D eigenvalue weighted by atomic mass is 32.1. The summed E-state index contributed by atoms with van der Waals surface area (Å²) in [5, 5.41) is 4.86. The normalized spacial score (nSPS) is 25.1. The zero-order chi connectivity index (χ0) is 15.0. The first-order valence-corrected chi connectivity index (χ1v) is 8.38. The number of aromatic nitrogens is 1. The van der Waals surface area contributed by atoms with Crippen molar-refractivity contribution in [2.75, 3.05) is 13.2 Å². The standard InChI is InChI=1S/C16H28N2OS/c1-11(17-10-16(6)8-7-9-19-16)13-12(2)18-14(20-13)15(3,4)5/h11,17H,7-10H2,1-6H3. The average Bonchev–Trinajstić information content (AvgIpc) is 2.93. The minimum absolute atomic E-state index is 0.0136. The van der Waals surface area contributed by atoms with Gasteiger partial charge in [-0.3, -0.25) is 0 Å². The van der Waals surface area contributed by atoms with Crippen molar-refractivity contribution in [3.8, 4) is 0 Å². The molecule has 2 atom stereocenters. The molecule has 0 aromatic carbocycles. The molecule has 1 N–H and O–H groups in total. The van der Waals surface area contributed by atoms with Crippen LogP contribution in [-0.4, -0.2) is 23.7 Å². The smallest absolute Gasteiger partial charge is 0.0985 e. The maximum absolute atomic E-state index is 5.84. The lowest BCUT2D eigenvalue weighted by molar-refractivity contribution is 0.0191. The van der Waals surface area contributed by atoms with Crippen LogP contribution in [0.2, 0.25) is 0 Å². The largest absolute Gasteiger partial charge is 0.374 e. The fourth-order valence-electron chi connectivity index (χ4n) is 2.57. The predicted octanol–water partition coefficient (Wildman–Crippen LogP) is 3.97. The Bertz CT molecular complexity index is 456. The molecule has 2 heterocycles. The third-order valence-corrected chi connectivity index (χ3v) is 5.72. The lowest BCUT2D eigenvalue weighted by Gasteiger charge is -2.25. The van der Waals surface area contributed by atoms with Crippen LogP contribution < -0.4 is 5.32 Å². The van der Waals surface area contributed by atoms with E-state index in [4.69, 9.17) is 9.72 Å². The van der Waals surface area contributed by atoms with Gasteiger partial charge in [0.15, 0.2) is 0 Å². The first-order valence-electron chi connectivity index (χ1n) is 7.56. The summed E-state index contributed by atoms with van der Waals surface area (Å²) in [7, 11) is 0. The Hall–Kier alpha value is -0.450. The monoisotopic (exact) mass is 296 g/mol. The summed E-state index contributed by atoms with van der Waals surface area (Å²) in [6.07, 6.45) is 2.34. The van der Waals surface area contributed by atoms with Crippen LogP contribution >= 0.6 is 11.3 Å². The molecule has 0 aliphatic carbocycles. The summed E-state index contributed by atoms with van der Waals surface area (Å²) < 4.78 is 5.84. The molecule has 0 amide bonds. The summed E-state index contributed by atoms with van der Waals surface area (Å²) in [4.78, 5) is 6.11. The molecule has 0 bridgehead atoms. The van der Waals surface area contributed by atoms with Gasteiger partial charge in [0.25, 0.3) is 0 Å². The van der Waals surface area contributed by atoms with Gasteiger partial charge in [0.05, 0.1) is 16.3 Å². The van der Waals surface area contributed by atoms with Gasteiger partial charge in [0.1, 0.15) is 0 Å². The van der Waals surface area contributed by atoms with E-state index >= 15 is 0 Å². The van der Waals surface area contributed by atoms with Gasteiger partial charge in [-0.2, -0.15) is 0 Å². The zero-order valence-electron chi connectivity index (χ0n) is 13.7. The highest BCUT2D eigenvalue weighted by Gasteiger charge is 2.30. The van der Waals surface area contributed by atoms with Gasteiger partial charge < -0.3 is 10.1 Å². The first kappa shape index (κ1) is 15.9. The molecule has 1 fully saturated rings. The highest BCUT2D eigenvalue weighted by Crippen LogP contribution is 2.33. The van der Waals surface area contributed by atoms with E-state index in [-0.39, 0.29) is 11.0 Å². The van der Waals surface area contributed by atoms with Crippen molar-refractivity contribution in [2.45, 2.75) is 71.4 Å². The summed E-state index contributed by atoms with van der Waals surface area (Å²) in [5.41, 5.74) is 1.31. The second-order valence-corrected chi connectivity index (χ2v) is 8.25. The van der Waals surface area contributed by atoms with Crippen molar-refractivity contribution in [3.05, 3.63) is 15.6 Å². The Kier molecular flexibility index (Phi) is 4.57. The van der Waals surface area contributed by atoms with E-state index in [1.54, 1.807) is 0 Å². The molecule has 20 heavy (non-hydrogen) atoms. The van der Waals surface area contributed by atoms with Gasteiger partial charge in [-0.25, -0.2) is 4.98 Å². The topological polar surface area (TPSA) is 34.2 Å². The molecule has 1 aliphatic heterocycles. The van der Waals surface area contributed by atoms with Crippen molar-refractivity contribution in [1.29, 1.82) is 0 Å². The van der Waals surface area contributed by atoms with E-state index in [1.165, 1.54) is 16.3 Å². The number of hydrogen-bond donors (Lipinski definition) is 1. The quantitative estimate of drug-likeness (QED) is 0.913. The van der Waals surface area contributed by atoms with Crippen molar-refractivity contribution in [3.63, 3.8) is 0 Å². The van der Waals surface area contributed by atoms with Crippen LogP contribution in [0.15, 0.2) is 0 Å². The van der Waals surface area contributed by atoms with E-state index in [2.05, 4.69) is 46.9 Å². The molecule has 0 radical (unpaired) electrons. The molecule has 114 valence electrons. The van der Waals surface area contributed by atoms with E-state index < -0.39 is 0 Å². The van der Waals surface area contributed by atoms with Gasteiger partial charge >= 0.3 is 0 Å². The third-order valence-electron chi connectivity index (χ3n) is 3.95. The van der Waals surface area contributed by atoms with Gasteiger partial charge in [0, 0.05) is 29.5 Å². The predicted molar refractivity (Wildman–Crippen MR) is 85.6 cm³/mol. The van der Waals surface area contributed by atoms with Crippen LogP contribution in [0.4, 0.5) is 0 Å². The molecule has 1 saturated heterocycles. The molecule has 0 saturated carbocycles. The van der Waals surface area contributed by atoms with Crippen LogP contribution in [0.25, 0.3) is 0 Å². The van der Waals surface area contributed by atoms with Crippen LogP contribution in [-0.2, 0) is 10.2 Å². The van der Waals surface area contributed by atoms with Crippen molar-refractivity contribution < 1.29 is 4.74 Å². The van der Waals surface area contributed by atoms with Crippen LogP contribution in [0.3, 0.4) is 0 Å². The number of nitrogens with zero attached hydrogens (tertiary/aromatic N) is 1. The maximum atomic E-state index is 5.84. The fraction of sp³-hybridized carbons (Fsp3) is 0.812. The maximum Gasteiger partial charge on any atom is 0.0985 e. The van der Waals surface area contributed by atoms with E-state index in [9.17, 15) is 0 Å². The third kappa shape index (κ3) is 3.60. The SMILES string of the molecule is Cc1nc(C(C)(C)C)sc1C(C)NCC1(C)CCCO1. The Balaban J connectivity index is 2.02. The van der Waals surface area contributed by atoms with Gasteiger partial charge in [-0.05, 0) is 33.6 Å². The number of rotatable bonds is 4. The Morgan fingerprint density at radius 3 is 2.65 bits per heavy atom. The first-order chi connectivity index (χ1) is 9.21. The molecule has 2 rings (SSSR count). The second kappa shape index (κ2) is 5.74. The lowest BCUT2D eigenvalue weighted by atomic mass is 9.98. The number of aryl methyl sites for hydroxylation is 1. The summed E-state index contributed by atoms with van der Waals surface area (Å²) in [6, 6.07) is 0.338. The van der Waals surface area contributed by atoms with Crippen molar-refractivity contribution in [2.24, 2.45) is 0 Å². The molecule has 2 unspecified atom stereocenters. The molecule has 1 aromatic rings. The summed E-state index contributed by atoms with van der Waals surface area (Å²) in [5.74, 6) is 0. The minimum Gasteiger partial charge on any atom is -0.374 e. The van der Waals surface area contributed by atoms with E-state index in [1.807, 2.05) is 11.3 Å². The molecule has 4 heteroatoms. The fourth-order valence-corrected chi connectivity index (χ4v) is 3.72.